The molecule has 150 valence electrons. The van der Waals surface area contributed by atoms with Crippen molar-refractivity contribution < 1.29 is 12.8 Å². The van der Waals surface area contributed by atoms with E-state index >= 15 is 0 Å². The van der Waals surface area contributed by atoms with Crippen molar-refractivity contribution in [2.45, 2.75) is 31.7 Å². The van der Waals surface area contributed by atoms with Crippen LogP contribution in [0.5, 0.6) is 0 Å². The Morgan fingerprint density at radius 3 is 2.63 bits per heavy atom. The lowest BCUT2D eigenvalue weighted by Gasteiger charge is -2.09. The highest BCUT2D eigenvalue weighted by atomic mass is 35.5. The molecule has 0 saturated carbocycles. The lowest BCUT2D eigenvalue weighted by Crippen LogP contribution is -2.19. The van der Waals surface area contributed by atoms with Gasteiger partial charge in [0.15, 0.2) is 0 Å². The van der Waals surface area contributed by atoms with E-state index in [0.29, 0.717) is 6.54 Å². The molecule has 3 N–H and O–H groups in total. The quantitative estimate of drug-likeness (QED) is 0.697. The Labute approximate surface area is 170 Å². The normalized spacial score (nSPS) is 12.1. The molecule has 0 aliphatic rings. The summed E-state index contributed by atoms with van der Waals surface area (Å²) in [5, 5.41) is 4.59. The highest BCUT2D eigenvalue weighted by molar-refractivity contribution is 7.89. The third kappa shape index (κ3) is 5.52. The second-order valence-electron chi connectivity index (χ2n) is 5.84. The van der Waals surface area contributed by atoms with Gasteiger partial charge in [-0.05, 0) is 44.7 Å². The number of rotatable bonds is 7. The minimum atomic E-state index is -3.61. The van der Waals surface area contributed by atoms with Gasteiger partial charge in [-0.15, -0.1) is 12.4 Å². The van der Waals surface area contributed by atoms with Crippen molar-refractivity contribution in [3.8, 4) is 0 Å². The first-order chi connectivity index (χ1) is 12.2. The van der Waals surface area contributed by atoms with Crippen molar-refractivity contribution in [2.24, 2.45) is 5.73 Å². The maximum absolute atomic E-state index is 13.8. The van der Waals surface area contributed by atoms with Crippen molar-refractivity contribution in [1.29, 1.82) is 0 Å². The van der Waals surface area contributed by atoms with Gasteiger partial charge in [-0.1, -0.05) is 17.7 Å². The van der Waals surface area contributed by atoms with E-state index in [1.54, 1.807) is 16.8 Å². The maximum atomic E-state index is 13.8. The lowest BCUT2D eigenvalue weighted by molar-refractivity contribution is 0.588. The van der Waals surface area contributed by atoms with Gasteiger partial charge >= 0.3 is 0 Å². The number of aromatic nitrogens is 2. The van der Waals surface area contributed by atoms with E-state index in [-0.39, 0.29) is 41.1 Å². The summed E-state index contributed by atoms with van der Waals surface area (Å²) in [6.07, 6.45) is 1.49. The molecule has 0 aliphatic carbocycles. The summed E-state index contributed by atoms with van der Waals surface area (Å²) in [5.74, 6) is -0.289. The highest BCUT2D eigenvalue weighted by Gasteiger charge is 2.17. The third-order valence-corrected chi connectivity index (χ3v) is 6.00. The molecule has 0 bridgehead atoms. The molecule has 0 atom stereocenters. The summed E-state index contributed by atoms with van der Waals surface area (Å²) in [6, 6.07) is 4.73. The number of halogens is 3. The average molecular weight is 437 g/mol. The van der Waals surface area contributed by atoms with Crippen LogP contribution in [0, 0.1) is 13.8 Å². The van der Waals surface area contributed by atoms with E-state index in [1.807, 2.05) is 13.8 Å². The van der Waals surface area contributed by atoms with Gasteiger partial charge in [-0.2, -0.15) is 5.10 Å². The van der Waals surface area contributed by atoms with Crippen molar-refractivity contribution in [3.63, 3.8) is 0 Å². The zero-order valence-electron chi connectivity index (χ0n) is 15.3. The van der Waals surface area contributed by atoms with Gasteiger partial charge in [0.05, 0.1) is 17.3 Å². The highest BCUT2D eigenvalue weighted by Crippen LogP contribution is 2.24. The van der Waals surface area contributed by atoms with Crippen LogP contribution in [0.1, 0.15) is 22.5 Å². The standard InChI is InChI=1S/C17H22ClFN4O2S.ClH/c1-11-15(9-14(19)6-7-20)12(2)23(22-11)10-13-4-5-17(16(18)8-13)26(24,25)21-3;/h4-6,8,21H,7,9-10,20H2,1-3H3;1H/b14-6-;. The van der Waals surface area contributed by atoms with Crippen LogP contribution in [0.4, 0.5) is 4.39 Å². The molecule has 10 heteroatoms. The second kappa shape index (κ2) is 9.66. The summed E-state index contributed by atoms with van der Waals surface area (Å²) in [4.78, 5) is 0.0217. The minimum absolute atomic E-state index is 0. The number of hydrogen-bond donors (Lipinski definition) is 2. The van der Waals surface area contributed by atoms with E-state index in [1.165, 1.54) is 19.2 Å². The Kier molecular flexibility index (Phi) is 8.44. The van der Waals surface area contributed by atoms with Gasteiger partial charge in [0.1, 0.15) is 10.7 Å². The van der Waals surface area contributed by atoms with Gasteiger partial charge in [0, 0.05) is 24.2 Å². The SMILES string of the molecule is CNS(=O)(=O)c1ccc(Cn2nc(C)c(C/C(F)=C/CN)c2C)cc1Cl.Cl. The summed E-state index contributed by atoms with van der Waals surface area (Å²) >= 11 is 6.12. The van der Waals surface area contributed by atoms with E-state index in [9.17, 15) is 12.8 Å². The molecule has 2 rings (SSSR count). The Hall–Kier alpha value is -1.45. The van der Waals surface area contributed by atoms with Gasteiger partial charge in [-0.25, -0.2) is 17.5 Å². The van der Waals surface area contributed by atoms with Crippen LogP contribution in [0.3, 0.4) is 0 Å². The second-order valence-corrected chi connectivity index (χ2v) is 8.10. The molecule has 1 aromatic carbocycles. The summed E-state index contributed by atoms with van der Waals surface area (Å²) in [5.41, 5.74) is 8.52. The maximum Gasteiger partial charge on any atom is 0.241 e. The lowest BCUT2D eigenvalue weighted by atomic mass is 10.1. The molecule has 0 aliphatic heterocycles. The molecule has 2 aromatic rings. The molecular weight excluding hydrogens is 414 g/mol. The van der Waals surface area contributed by atoms with Crippen LogP contribution in [0.2, 0.25) is 5.02 Å². The van der Waals surface area contributed by atoms with Gasteiger partial charge in [0.25, 0.3) is 0 Å². The summed E-state index contributed by atoms with van der Waals surface area (Å²) in [6.45, 7) is 4.24. The largest absolute Gasteiger partial charge is 0.327 e. The summed E-state index contributed by atoms with van der Waals surface area (Å²) in [7, 11) is -2.28. The molecule has 0 spiro atoms. The zero-order valence-corrected chi connectivity index (χ0v) is 17.7. The predicted molar refractivity (Wildman–Crippen MR) is 108 cm³/mol. The van der Waals surface area contributed by atoms with Gasteiger partial charge in [-0.3, -0.25) is 4.68 Å². The van der Waals surface area contributed by atoms with Crippen LogP contribution in [0.15, 0.2) is 35.0 Å². The van der Waals surface area contributed by atoms with Crippen LogP contribution in [-0.2, 0) is 23.0 Å². The first-order valence-electron chi connectivity index (χ1n) is 7.99. The molecular formula is C17H23Cl2FN4O2S. The van der Waals surface area contributed by atoms with E-state index in [0.717, 1.165) is 22.5 Å². The molecule has 1 heterocycles. The number of hydrogen-bond acceptors (Lipinski definition) is 4. The molecule has 0 fully saturated rings. The topological polar surface area (TPSA) is 90.0 Å². The van der Waals surface area contributed by atoms with Gasteiger partial charge < -0.3 is 5.73 Å². The fourth-order valence-electron chi connectivity index (χ4n) is 2.66. The van der Waals surface area contributed by atoms with Crippen LogP contribution < -0.4 is 10.5 Å². The molecule has 0 unspecified atom stereocenters. The van der Waals surface area contributed by atoms with Crippen molar-refractivity contribution in [2.75, 3.05) is 13.6 Å². The number of sulfonamides is 1. The van der Waals surface area contributed by atoms with Crippen molar-refractivity contribution in [1.82, 2.24) is 14.5 Å². The number of nitrogens with one attached hydrogen (secondary N) is 1. The Morgan fingerprint density at radius 1 is 1.41 bits per heavy atom. The van der Waals surface area contributed by atoms with E-state index in [2.05, 4.69) is 9.82 Å². The molecule has 27 heavy (non-hydrogen) atoms. The third-order valence-electron chi connectivity index (χ3n) is 4.10. The molecule has 0 radical (unpaired) electrons. The Balaban J connectivity index is 0.00000364. The van der Waals surface area contributed by atoms with Crippen LogP contribution >= 0.6 is 24.0 Å². The summed E-state index contributed by atoms with van der Waals surface area (Å²) < 4.78 is 41.5. The van der Waals surface area contributed by atoms with E-state index < -0.39 is 10.0 Å². The first kappa shape index (κ1) is 23.6. The monoisotopic (exact) mass is 436 g/mol. The fraction of sp³-hybridized carbons (Fsp3) is 0.353. The number of nitrogens with two attached hydrogens (primary N) is 1. The molecule has 0 amide bonds. The van der Waals surface area contributed by atoms with Gasteiger partial charge in [0.2, 0.25) is 10.0 Å². The number of allylic oxidation sites excluding steroid dienone is 1. The number of aryl methyl sites for hydroxylation is 1. The zero-order chi connectivity index (χ0) is 19.5. The minimum Gasteiger partial charge on any atom is -0.327 e. The average Bonchev–Trinajstić information content (AvgIpc) is 2.82. The first-order valence-corrected chi connectivity index (χ1v) is 9.85. The Morgan fingerprint density at radius 2 is 2.07 bits per heavy atom. The smallest absolute Gasteiger partial charge is 0.241 e. The molecule has 0 saturated heterocycles. The predicted octanol–water partition coefficient (Wildman–Crippen LogP) is 2.89. The Bertz CT molecular complexity index is 943. The van der Waals surface area contributed by atoms with E-state index in [4.69, 9.17) is 17.3 Å². The van der Waals surface area contributed by atoms with Crippen molar-refractivity contribution >= 4 is 34.0 Å². The number of benzene rings is 1. The van der Waals surface area contributed by atoms with Crippen molar-refractivity contribution in [3.05, 3.63) is 57.6 Å². The van der Waals surface area contributed by atoms with Crippen LogP contribution in [-0.4, -0.2) is 31.8 Å². The molecule has 1 aromatic heterocycles. The number of nitrogens with zero attached hydrogens (tertiary/aromatic N) is 2. The van der Waals surface area contributed by atoms with Crippen LogP contribution in [0.25, 0.3) is 0 Å². The molecule has 6 nitrogen and oxygen atoms in total. The fourth-order valence-corrected chi connectivity index (χ4v) is 3.95.